The molecule has 1 aromatic heterocycles. The third-order valence-corrected chi connectivity index (χ3v) is 4.99. The molecule has 0 fully saturated rings. The Morgan fingerprint density at radius 3 is 2.24 bits per heavy atom. The summed E-state index contributed by atoms with van der Waals surface area (Å²) in [6, 6.07) is 8.92. The van der Waals surface area contributed by atoms with Crippen LogP contribution < -0.4 is 0 Å². The zero-order chi connectivity index (χ0) is 21.5. The number of aryl methyl sites for hydroxylation is 1. The Morgan fingerprint density at radius 1 is 1.03 bits per heavy atom. The van der Waals surface area contributed by atoms with Crippen molar-refractivity contribution in [2.75, 3.05) is 7.05 Å². The zero-order valence-electron chi connectivity index (χ0n) is 16.1. The van der Waals surface area contributed by atoms with Crippen LogP contribution in [-0.4, -0.2) is 40.0 Å². The average Bonchev–Trinajstić information content (AvgIpc) is 2.98. The number of allylic oxidation sites excluding steroid dienone is 2. The van der Waals surface area contributed by atoms with Crippen molar-refractivity contribution < 1.29 is 27.6 Å². The van der Waals surface area contributed by atoms with Gasteiger partial charge in [0.25, 0.3) is 5.78 Å². The van der Waals surface area contributed by atoms with Gasteiger partial charge in [0.2, 0.25) is 0 Å². The van der Waals surface area contributed by atoms with E-state index in [0.717, 1.165) is 17.1 Å². The molecule has 1 atom stereocenters. The van der Waals surface area contributed by atoms with Crippen molar-refractivity contribution in [3.05, 3.63) is 59.6 Å². The van der Waals surface area contributed by atoms with Gasteiger partial charge in [0.1, 0.15) is 0 Å². The smallest absolute Gasteiger partial charge is 0.356 e. The number of rotatable bonds is 5. The second-order valence-corrected chi connectivity index (χ2v) is 7.04. The average molecular weight is 404 g/mol. The molecule has 0 spiro atoms. The Labute approximate surface area is 165 Å². The van der Waals surface area contributed by atoms with Crippen molar-refractivity contribution in [3.8, 4) is 0 Å². The summed E-state index contributed by atoms with van der Waals surface area (Å²) in [6.45, 7) is 1.20. The molecule has 152 valence electrons. The second-order valence-electron chi connectivity index (χ2n) is 7.04. The molecule has 0 saturated carbocycles. The van der Waals surface area contributed by atoms with E-state index in [0.29, 0.717) is 5.69 Å². The summed E-state index contributed by atoms with van der Waals surface area (Å²) < 4.78 is 41.0. The summed E-state index contributed by atoms with van der Waals surface area (Å²) >= 11 is 0. The number of hydrogen-bond donors (Lipinski definition) is 0. The molecule has 8 heteroatoms. The minimum atomic E-state index is -5.10. The number of aromatic nitrogens is 1. The summed E-state index contributed by atoms with van der Waals surface area (Å²) in [7, 11) is 3.11. The van der Waals surface area contributed by atoms with E-state index in [1.54, 1.807) is 17.7 Å². The van der Waals surface area contributed by atoms with Crippen LogP contribution in [0.2, 0.25) is 0 Å². The summed E-state index contributed by atoms with van der Waals surface area (Å²) in [5, 5.41) is 0.811. The van der Waals surface area contributed by atoms with E-state index in [1.165, 1.54) is 25.1 Å². The Kier molecular flexibility index (Phi) is 5.21. The lowest BCUT2D eigenvalue weighted by Crippen LogP contribution is -2.34. The first kappa shape index (κ1) is 20.6. The van der Waals surface area contributed by atoms with Gasteiger partial charge < -0.3 is 9.47 Å². The van der Waals surface area contributed by atoms with Gasteiger partial charge >= 0.3 is 6.18 Å². The Bertz CT molecular complexity index is 1080. The van der Waals surface area contributed by atoms with Crippen molar-refractivity contribution in [1.29, 1.82) is 0 Å². The number of halogens is 3. The van der Waals surface area contributed by atoms with Gasteiger partial charge in [0.05, 0.1) is 5.69 Å². The molecule has 3 rings (SSSR count). The topological polar surface area (TPSA) is 59.4 Å². The third-order valence-electron chi connectivity index (χ3n) is 4.99. The summed E-state index contributed by atoms with van der Waals surface area (Å²) in [6.07, 6.45) is -3.14. The molecule has 2 heterocycles. The monoisotopic (exact) mass is 404 g/mol. The number of Topliss-reactive ketones (excluding diaryl/α,β-unsaturated/α-hetero) is 3. The minimum absolute atomic E-state index is 0.00489. The molecule has 0 aliphatic carbocycles. The van der Waals surface area contributed by atoms with Crippen LogP contribution in [0.3, 0.4) is 0 Å². The predicted octanol–water partition coefficient (Wildman–Crippen LogP) is 3.80. The number of nitrogens with zero attached hydrogens (tertiary/aromatic N) is 2. The molecule has 2 aromatic rings. The van der Waals surface area contributed by atoms with Crippen molar-refractivity contribution in [3.63, 3.8) is 0 Å². The molecule has 0 radical (unpaired) electrons. The zero-order valence-corrected chi connectivity index (χ0v) is 16.1. The maximum atomic E-state index is 13.1. The van der Waals surface area contributed by atoms with Crippen LogP contribution in [0.1, 0.15) is 23.8 Å². The van der Waals surface area contributed by atoms with Gasteiger partial charge in [-0.25, -0.2) is 0 Å². The number of benzene rings is 1. The number of carbonyl (C=O) groups is 3. The van der Waals surface area contributed by atoms with E-state index in [9.17, 15) is 27.6 Å². The molecule has 1 aromatic carbocycles. The Hall–Kier alpha value is -3.16. The molecule has 0 saturated heterocycles. The lowest BCUT2D eigenvalue weighted by molar-refractivity contribution is -0.167. The van der Waals surface area contributed by atoms with Crippen molar-refractivity contribution in [2.24, 2.45) is 13.0 Å². The highest BCUT2D eigenvalue weighted by molar-refractivity contribution is 6.07. The van der Waals surface area contributed by atoms with Crippen LogP contribution >= 0.6 is 0 Å². The number of carbonyl (C=O) groups excluding carboxylic acids is 3. The molecule has 1 aliphatic rings. The first-order valence-corrected chi connectivity index (χ1v) is 8.86. The number of fused-ring (bicyclic) bond motifs is 1. The van der Waals surface area contributed by atoms with Crippen LogP contribution in [0.25, 0.3) is 10.9 Å². The lowest BCUT2D eigenvalue weighted by atomic mass is 9.81. The maximum Gasteiger partial charge on any atom is 0.454 e. The van der Waals surface area contributed by atoms with E-state index in [-0.39, 0.29) is 5.57 Å². The number of hydrogen-bond acceptors (Lipinski definition) is 4. The molecule has 0 bridgehead atoms. The second kappa shape index (κ2) is 7.35. The standard InChI is InChI=1S/C21H19F3N2O3/c1-12(27)15-10-25(2)11-16(20(29)21(22,23)24)14(15)9-19(28)18-8-13-6-4-5-7-17(13)26(18)3/h4-8,10-11,14H,9H2,1-3H3. The lowest BCUT2D eigenvalue weighted by Gasteiger charge is -2.28. The summed E-state index contributed by atoms with van der Waals surface area (Å²) in [5.41, 5.74) is 0.477. The van der Waals surface area contributed by atoms with E-state index < -0.39 is 41.4 Å². The Balaban J connectivity index is 2.01. The first-order valence-electron chi connectivity index (χ1n) is 8.86. The van der Waals surface area contributed by atoms with Crippen LogP contribution in [0.4, 0.5) is 13.2 Å². The highest BCUT2D eigenvalue weighted by Crippen LogP contribution is 2.35. The fourth-order valence-electron chi connectivity index (χ4n) is 3.61. The maximum absolute atomic E-state index is 13.1. The molecular formula is C21H19F3N2O3. The molecule has 5 nitrogen and oxygen atoms in total. The van der Waals surface area contributed by atoms with Crippen LogP contribution in [0.15, 0.2) is 53.9 Å². The van der Waals surface area contributed by atoms with Gasteiger partial charge in [-0.3, -0.25) is 14.4 Å². The highest BCUT2D eigenvalue weighted by atomic mass is 19.4. The van der Waals surface area contributed by atoms with Crippen LogP contribution in [-0.2, 0) is 16.6 Å². The fraction of sp³-hybridized carbons (Fsp3) is 0.286. The van der Waals surface area contributed by atoms with E-state index in [4.69, 9.17) is 0 Å². The molecule has 0 amide bonds. The molecular weight excluding hydrogens is 385 g/mol. The quantitative estimate of drug-likeness (QED) is 0.712. The van der Waals surface area contributed by atoms with Crippen molar-refractivity contribution >= 4 is 28.3 Å². The van der Waals surface area contributed by atoms with E-state index in [2.05, 4.69) is 0 Å². The largest absolute Gasteiger partial charge is 0.454 e. The van der Waals surface area contributed by atoms with Gasteiger partial charge in [-0.2, -0.15) is 13.2 Å². The van der Waals surface area contributed by atoms with Crippen molar-refractivity contribution in [1.82, 2.24) is 9.47 Å². The molecule has 1 aliphatic heterocycles. The van der Waals surface area contributed by atoms with Gasteiger partial charge in [-0.15, -0.1) is 0 Å². The number of para-hydroxylation sites is 1. The van der Waals surface area contributed by atoms with E-state index in [1.807, 2.05) is 24.3 Å². The van der Waals surface area contributed by atoms with Gasteiger partial charge in [0.15, 0.2) is 11.6 Å². The third kappa shape index (κ3) is 3.87. The summed E-state index contributed by atoms with van der Waals surface area (Å²) in [4.78, 5) is 38.3. The number of ketones is 3. The molecule has 0 N–H and O–H groups in total. The van der Waals surface area contributed by atoms with Gasteiger partial charge in [-0.1, -0.05) is 18.2 Å². The highest BCUT2D eigenvalue weighted by Gasteiger charge is 2.45. The first-order chi connectivity index (χ1) is 13.5. The number of alkyl halides is 3. The van der Waals surface area contributed by atoms with Crippen LogP contribution in [0.5, 0.6) is 0 Å². The van der Waals surface area contributed by atoms with Gasteiger partial charge in [-0.05, 0) is 19.1 Å². The fourth-order valence-corrected chi connectivity index (χ4v) is 3.61. The predicted molar refractivity (Wildman–Crippen MR) is 101 cm³/mol. The van der Waals surface area contributed by atoms with Crippen LogP contribution in [0, 0.1) is 5.92 Å². The summed E-state index contributed by atoms with van der Waals surface area (Å²) in [5.74, 6) is -4.26. The normalized spacial score (nSPS) is 17.2. The van der Waals surface area contributed by atoms with Gasteiger partial charge in [0, 0.05) is 60.9 Å². The Morgan fingerprint density at radius 2 is 1.66 bits per heavy atom. The van der Waals surface area contributed by atoms with E-state index >= 15 is 0 Å². The minimum Gasteiger partial charge on any atom is -0.356 e. The van der Waals surface area contributed by atoms with Crippen molar-refractivity contribution in [2.45, 2.75) is 19.5 Å². The SMILES string of the molecule is CC(=O)C1=CN(C)C=C(C(=O)C(F)(F)F)C1CC(=O)c1cc2ccccc2n1C. The molecule has 29 heavy (non-hydrogen) atoms. The molecule has 1 unspecified atom stereocenters.